The summed E-state index contributed by atoms with van der Waals surface area (Å²) in [6.45, 7) is 11.8. The molecule has 1 nitrogen and oxygen atoms in total. The summed E-state index contributed by atoms with van der Waals surface area (Å²) < 4.78 is 0. The van der Waals surface area contributed by atoms with Gasteiger partial charge in [0.2, 0.25) is 0 Å². The molecule has 0 amide bonds. The maximum Gasteiger partial charge on any atom is 0.00383 e. The van der Waals surface area contributed by atoms with Crippen LogP contribution in [-0.4, -0.2) is 13.1 Å². The van der Waals surface area contributed by atoms with Gasteiger partial charge in [0.1, 0.15) is 0 Å². The van der Waals surface area contributed by atoms with Gasteiger partial charge in [-0.25, -0.2) is 0 Å². The lowest BCUT2D eigenvalue weighted by atomic mass is 9.77. The van der Waals surface area contributed by atoms with Crippen LogP contribution in [0.15, 0.2) is 0 Å². The highest BCUT2D eigenvalue weighted by molar-refractivity contribution is 4.74. The summed E-state index contributed by atoms with van der Waals surface area (Å²) >= 11 is 0. The van der Waals surface area contributed by atoms with Gasteiger partial charge in [-0.15, -0.1) is 0 Å². The highest BCUT2D eigenvalue weighted by Gasteiger charge is 2.22. The van der Waals surface area contributed by atoms with Gasteiger partial charge in [-0.1, -0.05) is 47.0 Å². The smallest absolute Gasteiger partial charge is 0.00383 e. The molecule has 0 aromatic carbocycles. The summed E-state index contributed by atoms with van der Waals surface area (Å²) in [6.07, 6.45) is 5.36. The minimum atomic E-state index is 0.656. The van der Waals surface area contributed by atoms with Crippen LogP contribution < -0.4 is 5.32 Å². The third-order valence-corrected chi connectivity index (χ3v) is 3.95. The van der Waals surface area contributed by atoms with Crippen LogP contribution in [0.25, 0.3) is 0 Å². The van der Waals surface area contributed by atoms with Crippen molar-refractivity contribution >= 4 is 0 Å². The Kier molecular flexibility index (Phi) is 8.13. The van der Waals surface area contributed by atoms with Gasteiger partial charge in [-0.2, -0.15) is 0 Å². The number of nitrogens with one attached hydrogen (secondary N) is 1. The molecule has 0 radical (unpaired) electrons. The molecule has 0 heterocycles. The number of hydrogen-bond donors (Lipinski definition) is 1. The first-order chi connectivity index (χ1) is 7.06. The molecule has 0 bridgehead atoms. The Balaban J connectivity index is 4.20. The molecule has 1 heteroatoms. The molecule has 0 saturated heterocycles. The predicted octanol–water partition coefficient (Wildman–Crippen LogP) is 4.08. The fourth-order valence-electron chi connectivity index (χ4n) is 2.62. The second-order valence-electron chi connectivity index (χ2n) is 5.24. The molecular formula is C14H31N. The van der Waals surface area contributed by atoms with Crippen LogP contribution in [-0.2, 0) is 0 Å². The minimum Gasteiger partial charge on any atom is -0.317 e. The monoisotopic (exact) mass is 213 g/mol. The van der Waals surface area contributed by atoms with E-state index in [1.807, 2.05) is 0 Å². The van der Waals surface area contributed by atoms with Gasteiger partial charge < -0.3 is 5.32 Å². The van der Waals surface area contributed by atoms with Crippen LogP contribution in [0.2, 0.25) is 0 Å². The summed E-state index contributed by atoms with van der Waals surface area (Å²) in [5.41, 5.74) is 0. The van der Waals surface area contributed by atoms with E-state index in [9.17, 15) is 0 Å². The molecule has 0 fully saturated rings. The predicted molar refractivity (Wildman–Crippen MR) is 70.2 cm³/mol. The Morgan fingerprint density at radius 1 is 1.00 bits per heavy atom. The minimum absolute atomic E-state index is 0.656. The molecule has 15 heavy (non-hydrogen) atoms. The Bertz CT molecular complexity index is 144. The standard InChI is InChI=1S/C14H31N/c1-7-9-14(11(3)8-2)12(4)10-13(5)15-6/h11-15H,7-10H2,1-6H3. The normalized spacial score (nSPS) is 19.6. The van der Waals surface area contributed by atoms with Crippen molar-refractivity contribution < 1.29 is 0 Å². The highest BCUT2D eigenvalue weighted by Crippen LogP contribution is 2.30. The van der Waals surface area contributed by atoms with Crippen LogP contribution in [0.3, 0.4) is 0 Å². The Morgan fingerprint density at radius 3 is 2.00 bits per heavy atom. The van der Waals surface area contributed by atoms with E-state index in [1.165, 1.54) is 25.7 Å². The quantitative estimate of drug-likeness (QED) is 0.640. The SMILES string of the molecule is CCCC(C(C)CC)C(C)CC(C)NC. The van der Waals surface area contributed by atoms with E-state index in [0.717, 1.165) is 17.8 Å². The molecule has 0 aliphatic rings. The zero-order valence-electron chi connectivity index (χ0n) is 11.6. The van der Waals surface area contributed by atoms with E-state index in [1.54, 1.807) is 0 Å². The molecule has 92 valence electrons. The maximum absolute atomic E-state index is 3.35. The van der Waals surface area contributed by atoms with Gasteiger partial charge >= 0.3 is 0 Å². The van der Waals surface area contributed by atoms with Gasteiger partial charge in [0.15, 0.2) is 0 Å². The fraction of sp³-hybridized carbons (Fsp3) is 1.00. The van der Waals surface area contributed by atoms with E-state index in [0.29, 0.717) is 6.04 Å². The van der Waals surface area contributed by atoms with Crippen LogP contribution in [0.4, 0.5) is 0 Å². The Hall–Kier alpha value is -0.0400. The molecule has 4 atom stereocenters. The summed E-state index contributed by atoms with van der Waals surface area (Å²) in [7, 11) is 2.06. The lowest BCUT2D eigenvalue weighted by molar-refractivity contribution is 0.209. The first kappa shape index (κ1) is 15.0. The Morgan fingerprint density at radius 2 is 1.60 bits per heavy atom. The highest BCUT2D eigenvalue weighted by atomic mass is 14.8. The topological polar surface area (TPSA) is 12.0 Å². The van der Waals surface area contributed by atoms with Gasteiger partial charge in [0.25, 0.3) is 0 Å². The number of hydrogen-bond acceptors (Lipinski definition) is 1. The summed E-state index contributed by atoms with van der Waals surface area (Å²) in [5, 5.41) is 3.35. The van der Waals surface area contributed by atoms with E-state index < -0.39 is 0 Å². The molecule has 1 N–H and O–H groups in total. The molecule has 0 aliphatic carbocycles. The summed E-state index contributed by atoms with van der Waals surface area (Å²) in [5.74, 6) is 2.64. The van der Waals surface area contributed by atoms with Crippen molar-refractivity contribution in [2.45, 2.75) is 66.3 Å². The van der Waals surface area contributed by atoms with Crippen LogP contribution >= 0.6 is 0 Å². The van der Waals surface area contributed by atoms with Gasteiger partial charge in [0.05, 0.1) is 0 Å². The first-order valence-electron chi connectivity index (χ1n) is 6.73. The van der Waals surface area contributed by atoms with E-state index in [-0.39, 0.29) is 0 Å². The summed E-state index contributed by atoms with van der Waals surface area (Å²) in [6, 6.07) is 0.656. The molecule has 0 aliphatic heterocycles. The van der Waals surface area contributed by atoms with E-state index in [4.69, 9.17) is 0 Å². The van der Waals surface area contributed by atoms with Crippen molar-refractivity contribution in [3.8, 4) is 0 Å². The van der Waals surface area contributed by atoms with Crippen molar-refractivity contribution in [3.63, 3.8) is 0 Å². The molecular weight excluding hydrogens is 182 g/mol. The van der Waals surface area contributed by atoms with E-state index in [2.05, 4.69) is 47.0 Å². The zero-order chi connectivity index (χ0) is 11.8. The first-order valence-corrected chi connectivity index (χ1v) is 6.73. The van der Waals surface area contributed by atoms with Crippen molar-refractivity contribution in [3.05, 3.63) is 0 Å². The van der Waals surface area contributed by atoms with Crippen LogP contribution in [0, 0.1) is 17.8 Å². The lowest BCUT2D eigenvalue weighted by Gasteiger charge is -2.30. The average molecular weight is 213 g/mol. The van der Waals surface area contributed by atoms with Crippen LogP contribution in [0.5, 0.6) is 0 Å². The van der Waals surface area contributed by atoms with Gasteiger partial charge in [-0.3, -0.25) is 0 Å². The second-order valence-corrected chi connectivity index (χ2v) is 5.24. The van der Waals surface area contributed by atoms with E-state index >= 15 is 0 Å². The second kappa shape index (κ2) is 8.15. The zero-order valence-corrected chi connectivity index (χ0v) is 11.6. The third kappa shape index (κ3) is 5.55. The molecule has 0 aromatic rings. The fourth-order valence-corrected chi connectivity index (χ4v) is 2.62. The molecule has 0 rings (SSSR count). The molecule has 0 spiro atoms. The lowest BCUT2D eigenvalue weighted by Crippen LogP contribution is -2.28. The molecule has 4 unspecified atom stereocenters. The van der Waals surface area contributed by atoms with Crippen molar-refractivity contribution in [2.24, 2.45) is 17.8 Å². The van der Waals surface area contributed by atoms with Crippen LogP contribution in [0.1, 0.15) is 60.3 Å². The molecule has 0 aromatic heterocycles. The third-order valence-electron chi connectivity index (χ3n) is 3.95. The van der Waals surface area contributed by atoms with Gasteiger partial charge in [-0.05, 0) is 38.1 Å². The summed E-state index contributed by atoms with van der Waals surface area (Å²) in [4.78, 5) is 0. The van der Waals surface area contributed by atoms with Gasteiger partial charge in [0, 0.05) is 6.04 Å². The van der Waals surface area contributed by atoms with Crippen molar-refractivity contribution in [1.29, 1.82) is 0 Å². The number of rotatable bonds is 8. The van der Waals surface area contributed by atoms with Crippen molar-refractivity contribution in [2.75, 3.05) is 7.05 Å². The molecule has 0 saturated carbocycles. The van der Waals surface area contributed by atoms with Crippen molar-refractivity contribution in [1.82, 2.24) is 5.32 Å². The maximum atomic E-state index is 3.35. The average Bonchev–Trinajstić information content (AvgIpc) is 2.24. The Labute approximate surface area is 97.0 Å². The largest absolute Gasteiger partial charge is 0.317 e.